The van der Waals surface area contributed by atoms with Gasteiger partial charge in [-0.15, -0.1) is 0 Å². The van der Waals surface area contributed by atoms with Crippen molar-refractivity contribution in [2.75, 3.05) is 0 Å². The van der Waals surface area contributed by atoms with Gasteiger partial charge in [0, 0.05) is 12.0 Å². The molecule has 18 heavy (non-hydrogen) atoms. The van der Waals surface area contributed by atoms with Gasteiger partial charge in [-0.2, -0.15) is 0 Å². The molecular formula is C16H16O2. The third-order valence-corrected chi connectivity index (χ3v) is 2.92. The predicted octanol–water partition coefficient (Wildman–Crippen LogP) is 3.52. The lowest BCUT2D eigenvalue weighted by Crippen LogP contribution is -2.01. The Balaban J connectivity index is 1.98. The van der Waals surface area contributed by atoms with Crippen LogP contribution in [0.3, 0.4) is 0 Å². The van der Waals surface area contributed by atoms with E-state index < -0.39 is 0 Å². The van der Waals surface area contributed by atoms with E-state index in [1.54, 1.807) is 18.2 Å². The van der Waals surface area contributed by atoms with Gasteiger partial charge in [0.05, 0.1) is 0 Å². The zero-order valence-electron chi connectivity index (χ0n) is 10.4. The van der Waals surface area contributed by atoms with E-state index >= 15 is 0 Å². The van der Waals surface area contributed by atoms with E-state index in [-0.39, 0.29) is 11.5 Å². The fourth-order valence-electron chi connectivity index (χ4n) is 1.85. The SMILES string of the molecule is Cc1ccc(C(=O)CCc2cccc(O)c2)cc1. The summed E-state index contributed by atoms with van der Waals surface area (Å²) in [6.45, 7) is 2.00. The monoisotopic (exact) mass is 240 g/mol. The first-order valence-corrected chi connectivity index (χ1v) is 6.03. The molecule has 2 aromatic rings. The molecule has 0 aliphatic heterocycles. The molecule has 2 nitrogen and oxygen atoms in total. The molecule has 0 aliphatic rings. The van der Waals surface area contributed by atoms with Gasteiger partial charge in [-0.3, -0.25) is 4.79 Å². The molecule has 0 unspecified atom stereocenters. The minimum Gasteiger partial charge on any atom is -0.508 e. The highest BCUT2D eigenvalue weighted by atomic mass is 16.3. The zero-order valence-corrected chi connectivity index (χ0v) is 10.4. The highest BCUT2D eigenvalue weighted by molar-refractivity contribution is 5.96. The first kappa shape index (κ1) is 12.4. The summed E-state index contributed by atoms with van der Waals surface area (Å²) in [7, 11) is 0. The Morgan fingerprint density at radius 3 is 2.50 bits per heavy atom. The summed E-state index contributed by atoms with van der Waals surface area (Å²) in [6, 6.07) is 14.7. The van der Waals surface area contributed by atoms with Gasteiger partial charge in [0.2, 0.25) is 0 Å². The normalized spacial score (nSPS) is 10.3. The van der Waals surface area contributed by atoms with Crippen LogP contribution in [0, 0.1) is 6.92 Å². The molecule has 0 bridgehead atoms. The largest absolute Gasteiger partial charge is 0.508 e. The van der Waals surface area contributed by atoms with Crippen LogP contribution in [0.5, 0.6) is 5.75 Å². The number of benzene rings is 2. The summed E-state index contributed by atoms with van der Waals surface area (Å²) in [5.74, 6) is 0.383. The second-order valence-corrected chi connectivity index (χ2v) is 4.46. The van der Waals surface area contributed by atoms with Crippen LogP contribution >= 0.6 is 0 Å². The van der Waals surface area contributed by atoms with Crippen LogP contribution in [-0.4, -0.2) is 10.9 Å². The number of hydrogen-bond acceptors (Lipinski definition) is 2. The van der Waals surface area contributed by atoms with Gasteiger partial charge in [0.15, 0.2) is 5.78 Å². The Labute approximate surface area is 107 Å². The average molecular weight is 240 g/mol. The number of ketones is 1. The van der Waals surface area contributed by atoms with Crippen LogP contribution in [0.4, 0.5) is 0 Å². The van der Waals surface area contributed by atoms with Crippen molar-refractivity contribution in [3.63, 3.8) is 0 Å². The van der Waals surface area contributed by atoms with Crippen LogP contribution in [0.2, 0.25) is 0 Å². The van der Waals surface area contributed by atoms with Gasteiger partial charge < -0.3 is 5.11 Å². The molecule has 0 heterocycles. The molecule has 0 fully saturated rings. The fraction of sp³-hybridized carbons (Fsp3) is 0.188. The summed E-state index contributed by atoms with van der Waals surface area (Å²) >= 11 is 0. The number of aromatic hydroxyl groups is 1. The van der Waals surface area contributed by atoms with Crippen LogP contribution in [0.25, 0.3) is 0 Å². The molecule has 0 aromatic heterocycles. The summed E-state index contributed by atoms with van der Waals surface area (Å²) in [6.07, 6.45) is 1.12. The van der Waals surface area contributed by atoms with Crippen LogP contribution in [0.1, 0.15) is 27.9 Å². The number of aryl methyl sites for hydroxylation is 2. The van der Waals surface area contributed by atoms with E-state index in [9.17, 15) is 9.90 Å². The Hall–Kier alpha value is -2.09. The molecule has 0 spiro atoms. The maximum Gasteiger partial charge on any atom is 0.163 e. The average Bonchev–Trinajstić information content (AvgIpc) is 2.37. The second kappa shape index (κ2) is 5.50. The molecule has 1 N–H and O–H groups in total. The number of Topliss-reactive ketones (excluding diaryl/α,β-unsaturated/α-hetero) is 1. The molecule has 0 saturated heterocycles. The number of phenols is 1. The molecule has 0 amide bonds. The Morgan fingerprint density at radius 2 is 1.83 bits per heavy atom. The first-order chi connectivity index (χ1) is 8.65. The van der Waals surface area contributed by atoms with E-state index in [1.165, 1.54) is 0 Å². The van der Waals surface area contributed by atoms with Gasteiger partial charge in [-0.25, -0.2) is 0 Å². The third kappa shape index (κ3) is 3.20. The van der Waals surface area contributed by atoms with E-state index in [0.717, 1.165) is 16.7 Å². The maximum absolute atomic E-state index is 12.0. The van der Waals surface area contributed by atoms with Gasteiger partial charge >= 0.3 is 0 Å². The highest BCUT2D eigenvalue weighted by Crippen LogP contribution is 2.14. The molecule has 2 rings (SSSR count). The van der Waals surface area contributed by atoms with Crippen molar-refractivity contribution in [1.29, 1.82) is 0 Å². The minimum absolute atomic E-state index is 0.137. The summed E-state index contributed by atoms with van der Waals surface area (Å²) in [4.78, 5) is 12.0. The van der Waals surface area contributed by atoms with Gasteiger partial charge in [0.1, 0.15) is 5.75 Å². The molecular weight excluding hydrogens is 224 g/mol. The maximum atomic E-state index is 12.0. The van der Waals surface area contributed by atoms with Crippen LogP contribution < -0.4 is 0 Å². The van der Waals surface area contributed by atoms with E-state index in [0.29, 0.717) is 12.8 Å². The quantitative estimate of drug-likeness (QED) is 0.830. The molecule has 0 saturated carbocycles. The smallest absolute Gasteiger partial charge is 0.163 e. The van der Waals surface area contributed by atoms with Gasteiger partial charge in [-0.1, -0.05) is 42.0 Å². The topological polar surface area (TPSA) is 37.3 Å². The van der Waals surface area contributed by atoms with E-state index in [1.807, 2.05) is 37.3 Å². The van der Waals surface area contributed by atoms with E-state index in [2.05, 4.69) is 0 Å². The Kier molecular flexibility index (Phi) is 3.78. The number of phenolic OH excluding ortho intramolecular Hbond substituents is 1. The van der Waals surface area contributed by atoms with Crippen molar-refractivity contribution in [3.05, 3.63) is 65.2 Å². The second-order valence-electron chi connectivity index (χ2n) is 4.46. The summed E-state index contributed by atoms with van der Waals surface area (Å²) < 4.78 is 0. The highest BCUT2D eigenvalue weighted by Gasteiger charge is 2.06. The van der Waals surface area contributed by atoms with Crippen molar-refractivity contribution in [2.24, 2.45) is 0 Å². The first-order valence-electron chi connectivity index (χ1n) is 6.03. The molecule has 92 valence electrons. The standard InChI is InChI=1S/C16H16O2/c1-12-5-8-14(9-6-12)16(18)10-7-13-3-2-4-15(17)11-13/h2-6,8-9,11,17H,7,10H2,1H3. The number of carbonyl (C=O) groups is 1. The van der Waals surface area contributed by atoms with Crippen molar-refractivity contribution in [2.45, 2.75) is 19.8 Å². The molecule has 0 radical (unpaired) electrons. The molecule has 2 heteroatoms. The lowest BCUT2D eigenvalue weighted by atomic mass is 10.0. The van der Waals surface area contributed by atoms with Gasteiger partial charge in [-0.05, 0) is 31.0 Å². The fourth-order valence-corrected chi connectivity index (χ4v) is 1.85. The number of carbonyl (C=O) groups excluding carboxylic acids is 1. The van der Waals surface area contributed by atoms with Crippen LogP contribution in [0.15, 0.2) is 48.5 Å². The van der Waals surface area contributed by atoms with E-state index in [4.69, 9.17) is 0 Å². The number of rotatable bonds is 4. The van der Waals surface area contributed by atoms with Crippen molar-refractivity contribution in [3.8, 4) is 5.75 Å². The van der Waals surface area contributed by atoms with Crippen molar-refractivity contribution in [1.82, 2.24) is 0 Å². The Bertz CT molecular complexity index is 541. The molecule has 0 atom stereocenters. The zero-order chi connectivity index (χ0) is 13.0. The third-order valence-electron chi connectivity index (χ3n) is 2.92. The van der Waals surface area contributed by atoms with Gasteiger partial charge in [0.25, 0.3) is 0 Å². The molecule has 2 aromatic carbocycles. The minimum atomic E-state index is 0.137. The van der Waals surface area contributed by atoms with Crippen LogP contribution in [-0.2, 0) is 6.42 Å². The summed E-state index contributed by atoms with van der Waals surface area (Å²) in [5, 5.41) is 9.34. The molecule has 0 aliphatic carbocycles. The lowest BCUT2D eigenvalue weighted by Gasteiger charge is -2.03. The van der Waals surface area contributed by atoms with Crippen molar-refractivity contribution < 1.29 is 9.90 Å². The summed E-state index contributed by atoms with van der Waals surface area (Å²) in [5.41, 5.74) is 2.88. The predicted molar refractivity (Wildman–Crippen MR) is 71.9 cm³/mol. The number of hydrogen-bond donors (Lipinski definition) is 1. The Morgan fingerprint density at radius 1 is 1.11 bits per heavy atom. The van der Waals surface area contributed by atoms with Crippen molar-refractivity contribution >= 4 is 5.78 Å². The lowest BCUT2D eigenvalue weighted by molar-refractivity contribution is 0.0983.